The number of sulfonamides is 1. The number of rotatable bonds is 6. The van der Waals surface area contributed by atoms with E-state index < -0.39 is 10.0 Å². The number of aromatic nitrogens is 1. The van der Waals surface area contributed by atoms with Crippen LogP contribution in [0.15, 0.2) is 65.0 Å². The summed E-state index contributed by atoms with van der Waals surface area (Å²) >= 11 is 1.19. The van der Waals surface area contributed by atoms with Crippen molar-refractivity contribution in [1.29, 1.82) is 0 Å². The van der Waals surface area contributed by atoms with Crippen molar-refractivity contribution >= 4 is 32.4 Å². The van der Waals surface area contributed by atoms with Crippen LogP contribution in [0.3, 0.4) is 0 Å². The van der Waals surface area contributed by atoms with Gasteiger partial charge >= 0.3 is 0 Å². The van der Waals surface area contributed by atoms with Crippen molar-refractivity contribution in [2.75, 3.05) is 4.72 Å². The summed E-state index contributed by atoms with van der Waals surface area (Å²) in [6, 6.07) is 13.6. The van der Waals surface area contributed by atoms with Crippen LogP contribution < -0.4 is 10.0 Å². The summed E-state index contributed by atoms with van der Waals surface area (Å²) in [7, 11) is -3.72. The maximum Gasteiger partial charge on any atom is 0.263 e. The zero-order valence-electron chi connectivity index (χ0n) is 14.0. The first-order valence-corrected chi connectivity index (χ1v) is 10.2. The quantitative estimate of drug-likeness (QED) is 0.680. The predicted octanol–water partition coefficient (Wildman–Crippen LogP) is 3.18. The Morgan fingerprint density at radius 2 is 1.92 bits per heavy atom. The van der Waals surface area contributed by atoms with Crippen LogP contribution in [-0.2, 0) is 16.6 Å². The molecule has 0 saturated heterocycles. The third-order valence-electron chi connectivity index (χ3n) is 3.62. The molecule has 6 nitrogen and oxygen atoms in total. The van der Waals surface area contributed by atoms with E-state index in [2.05, 4.69) is 15.0 Å². The van der Waals surface area contributed by atoms with Gasteiger partial charge in [-0.25, -0.2) is 13.4 Å². The maximum atomic E-state index is 12.3. The van der Waals surface area contributed by atoms with Crippen LogP contribution in [0.5, 0.6) is 0 Å². The van der Waals surface area contributed by atoms with Gasteiger partial charge in [-0.15, -0.1) is 11.3 Å². The number of carbonyl (C=O) groups excluding carboxylic acids is 1. The van der Waals surface area contributed by atoms with Crippen LogP contribution in [-0.4, -0.2) is 19.3 Å². The van der Waals surface area contributed by atoms with E-state index in [1.807, 2.05) is 31.2 Å². The number of carbonyl (C=O) groups is 1. The molecule has 1 heterocycles. The molecule has 0 atom stereocenters. The highest BCUT2D eigenvalue weighted by molar-refractivity contribution is 7.93. The minimum absolute atomic E-state index is 0.0722. The molecule has 0 unspecified atom stereocenters. The van der Waals surface area contributed by atoms with Gasteiger partial charge in [0.05, 0.1) is 4.90 Å². The van der Waals surface area contributed by atoms with Gasteiger partial charge in [-0.3, -0.25) is 9.52 Å². The number of amides is 1. The summed E-state index contributed by atoms with van der Waals surface area (Å²) in [5.41, 5.74) is 2.52. The van der Waals surface area contributed by atoms with Gasteiger partial charge in [-0.05, 0) is 36.8 Å². The molecule has 26 heavy (non-hydrogen) atoms. The van der Waals surface area contributed by atoms with Crippen LogP contribution in [0.1, 0.15) is 21.5 Å². The van der Waals surface area contributed by atoms with Gasteiger partial charge in [0.2, 0.25) is 0 Å². The minimum atomic E-state index is -3.72. The van der Waals surface area contributed by atoms with E-state index in [-0.39, 0.29) is 10.8 Å². The second-order valence-electron chi connectivity index (χ2n) is 5.64. The lowest BCUT2D eigenvalue weighted by Crippen LogP contribution is -2.23. The Morgan fingerprint density at radius 1 is 1.15 bits per heavy atom. The van der Waals surface area contributed by atoms with Crippen molar-refractivity contribution in [2.24, 2.45) is 0 Å². The number of nitrogens with one attached hydrogen (secondary N) is 2. The Morgan fingerprint density at radius 3 is 2.58 bits per heavy atom. The first-order chi connectivity index (χ1) is 12.4. The summed E-state index contributed by atoms with van der Waals surface area (Å²) in [5, 5.41) is 4.80. The van der Waals surface area contributed by atoms with Crippen molar-refractivity contribution in [3.63, 3.8) is 0 Å². The topological polar surface area (TPSA) is 88.2 Å². The van der Waals surface area contributed by atoms with Gasteiger partial charge in [-0.1, -0.05) is 29.8 Å². The van der Waals surface area contributed by atoms with Crippen molar-refractivity contribution < 1.29 is 13.2 Å². The van der Waals surface area contributed by atoms with Crippen LogP contribution in [0.25, 0.3) is 0 Å². The van der Waals surface area contributed by atoms with Crippen LogP contribution in [0.4, 0.5) is 5.13 Å². The van der Waals surface area contributed by atoms with E-state index in [0.717, 1.165) is 11.1 Å². The highest BCUT2D eigenvalue weighted by Crippen LogP contribution is 2.18. The summed E-state index contributed by atoms with van der Waals surface area (Å²) in [4.78, 5) is 16.2. The molecule has 0 radical (unpaired) electrons. The first-order valence-electron chi connectivity index (χ1n) is 7.80. The summed E-state index contributed by atoms with van der Waals surface area (Å²) in [5.74, 6) is -0.261. The molecule has 8 heteroatoms. The fourth-order valence-corrected chi connectivity index (χ4v) is 4.13. The monoisotopic (exact) mass is 387 g/mol. The number of hydrogen-bond acceptors (Lipinski definition) is 5. The molecule has 134 valence electrons. The number of nitrogens with zero attached hydrogens (tertiary/aromatic N) is 1. The lowest BCUT2D eigenvalue weighted by atomic mass is 10.1. The molecule has 0 aliphatic rings. The molecule has 0 saturated carbocycles. The largest absolute Gasteiger partial charge is 0.348 e. The van der Waals surface area contributed by atoms with E-state index in [1.54, 1.807) is 5.38 Å². The second kappa shape index (κ2) is 7.67. The maximum absolute atomic E-state index is 12.3. The minimum Gasteiger partial charge on any atom is -0.348 e. The molecule has 3 aromatic rings. The molecule has 0 spiro atoms. The Labute approximate surface area is 156 Å². The number of benzene rings is 2. The average molecular weight is 387 g/mol. The fraction of sp³-hybridized carbons (Fsp3) is 0.111. The molecule has 0 aliphatic heterocycles. The number of thiazole rings is 1. The smallest absolute Gasteiger partial charge is 0.263 e. The van der Waals surface area contributed by atoms with Crippen LogP contribution in [0.2, 0.25) is 0 Å². The van der Waals surface area contributed by atoms with Gasteiger partial charge in [0, 0.05) is 23.7 Å². The second-order valence-corrected chi connectivity index (χ2v) is 8.22. The van der Waals surface area contributed by atoms with Crippen LogP contribution in [0, 0.1) is 6.92 Å². The Hall–Kier alpha value is -2.71. The van der Waals surface area contributed by atoms with E-state index in [9.17, 15) is 13.2 Å². The number of anilines is 1. The molecule has 0 bridgehead atoms. The van der Waals surface area contributed by atoms with E-state index in [4.69, 9.17) is 0 Å². The van der Waals surface area contributed by atoms with Crippen LogP contribution >= 0.6 is 11.3 Å². The number of hydrogen-bond donors (Lipinski definition) is 2. The van der Waals surface area contributed by atoms with Gasteiger partial charge in [-0.2, -0.15) is 0 Å². The van der Waals surface area contributed by atoms with Crippen molar-refractivity contribution in [1.82, 2.24) is 10.3 Å². The summed E-state index contributed by atoms with van der Waals surface area (Å²) in [6.45, 7) is 2.40. The zero-order valence-corrected chi connectivity index (χ0v) is 15.6. The molecular weight excluding hydrogens is 370 g/mol. The van der Waals surface area contributed by atoms with E-state index in [1.165, 1.54) is 41.8 Å². The molecule has 0 fully saturated rings. The van der Waals surface area contributed by atoms with Gasteiger partial charge in [0.1, 0.15) is 0 Å². The fourth-order valence-electron chi connectivity index (χ4n) is 2.34. The van der Waals surface area contributed by atoms with Gasteiger partial charge < -0.3 is 5.32 Å². The Kier molecular flexibility index (Phi) is 5.34. The third kappa shape index (κ3) is 4.47. The third-order valence-corrected chi connectivity index (χ3v) is 5.79. The SMILES string of the molecule is Cc1cccc(CNC(=O)c2ccc(S(=O)(=O)Nc3nccs3)cc2)c1. The highest BCUT2D eigenvalue weighted by Gasteiger charge is 2.16. The van der Waals surface area contributed by atoms with E-state index in [0.29, 0.717) is 17.2 Å². The predicted molar refractivity (Wildman–Crippen MR) is 102 cm³/mol. The first kappa shape index (κ1) is 18.1. The van der Waals surface area contributed by atoms with Gasteiger partial charge in [0.25, 0.3) is 15.9 Å². The Bertz CT molecular complexity index is 998. The Balaban J connectivity index is 1.66. The van der Waals surface area contributed by atoms with Crippen molar-refractivity contribution in [3.8, 4) is 0 Å². The van der Waals surface area contributed by atoms with Crippen molar-refractivity contribution in [2.45, 2.75) is 18.4 Å². The molecular formula is C18H17N3O3S2. The molecule has 1 aromatic heterocycles. The molecule has 0 aliphatic carbocycles. The average Bonchev–Trinajstić information content (AvgIpc) is 3.12. The molecule has 3 rings (SSSR count). The zero-order chi connectivity index (χ0) is 18.6. The lowest BCUT2D eigenvalue weighted by Gasteiger charge is -2.08. The lowest BCUT2D eigenvalue weighted by molar-refractivity contribution is 0.0951. The van der Waals surface area contributed by atoms with E-state index >= 15 is 0 Å². The normalized spacial score (nSPS) is 11.1. The highest BCUT2D eigenvalue weighted by atomic mass is 32.2. The molecule has 2 N–H and O–H groups in total. The molecule has 1 amide bonds. The molecule has 2 aromatic carbocycles. The standard InChI is InChI=1S/C18H17N3O3S2/c1-13-3-2-4-14(11-13)12-20-17(22)15-5-7-16(8-6-15)26(23,24)21-18-19-9-10-25-18/h2-11H,12H2,1H3,(H,19,21)(H,20,22). The summed E-state index contributed by atoms with van der Waals surface area (Å²) < 4.78 is 27.0. The van der Waals surface area contributed by atoms with Gasteiger partial charge in [0.15, 0.2) is 5.13 Å². The van der Waals surface area contributed by atoms with Crippen molar-refractivity contribution in [3.05, 3.63) is 76.8 Å². The number of aryl methyl sites for hydroxylation is 1. The summed E-state index contributed by atoms with van der Waals surface area (Å²) in [6.07, 6.45) is 1.52.